The molecule has 0 spiro atoms. The molecule has 0 N–H and O–H groups in total. The van der Waals surface area contributed by atoms with Crippen LogP contribution in [0.1, 0.15) is 157 Å². The summed E-state index contributed by atoms with van der Waals surface area (Å²) in [6.07, 6.45) is 22.0. The average molecular weight is 447 g/mol. The third-order valence-corrected chi connectivity index (χ3v) is 8.75. The molecule has 2 nitrogen and oxygen atoms in total. The molecule has 0 aromatic heterocycles. The number of benzene rings is 1. The van der Waals surface area contributed by atoms with E-state index in [9.17, 15) is 10.5 Å². The molecule has 2 fully saturated rings. The second-order valence-corrected chi connectivity index (χ2v) is 11.0. The highest BCUT2D eigenvalue weighted by atomic mass is 14.4. The molecule has 2 aliphatic carbocycles. The van der Waals surface area contributed by atoms with Crippen molar-refractivity contribution in [2.24, 2.45) is 11.8 Å². The quantitative estimate of drug-likeness (QED) is 0.318. The second kappa shape index (κ2) is 13.8. The van der Waals surface area contributed by atoms with Crippen LogP contribution < -0.4 is 0 Å². The van der Waals surface area contributed by atoms with Gasteiger partial charge in [0, 0.05) is 0 Å². The van der Waals surface area contributed by atoms with Crippen molar-refractivity contribution in [3.05, 3.63) is 34.4 Å². The number of hydrogen-bond acceptors (Lipinski definition) is 2. The molecule has 1 aromatic carbocycles. The van der Waals surface area contributed by atoms with Crippen LogP contribution in [0.5, 0.6) is 0 Å². The Morgan fingerprint density at radius 2 is 1.00 bits per heavy atom. The van der Waals surface area contributed by atoms with E-state index in [-0.39, 0.29) is 0 Å². The van der Waals surface area contributed by atoms with Crippen LogP contribution >= 0.6 is 0 Å². The standard InChI is InChI=1S/C31H46N2/c1-3-5-7-9-11-25-14-18-27(19-15-25)29-21-20-28(30(22-32)31(29)23-33)26-16-12-24(13-17-26)10-8-6-4-2/h20-21,24-27H,3-19H2,1-2H3. The number of unbranched alkanes of at least 4 members (excludes halogenated alkanes) is 5. The topological polar surface area (TPSA) is 47.6 Å². The normalized spacial score (nSPS) is 25.3. The van der Waals surface area contributed by atoms with Gasteiger partial charge in [0.2, 0.25) is 0 Å². The smallest absolute Gasteiger partial charge is 0.101 e. The zero-order chi connectivity index (χ0) is 23.5. The molecule has 3 rings (SSSR count). The number of hydrogen-bond donors (Lipinski definition) is 0. The van der Waals surface area contributed by atoms with E-state index in [0.717, 1.165) is 23.0 Å². The Bertz CT molecular complexity index is 795. The fourth-order valence-corrected chi connectivity index (χ4v) is 6.62. The Balaban J connectivity index is 1.62. The molecule has 0 radical (unpaired) electrons. The van der Waals surface area contributed by atoms with E-state index in [1.807, 2.05) is 0 Å². The first kappa shape index (κ1) is 25.8. The minimum absolute atomic E-state index is 0.460. The summed E-state index contributed by atoms with van der Waals surface area (Å²) in [5.74, 6) is 2.65. The van der Waals surface area contributed by atoms with Gasteiger partial charge < -0.3 is 0 Å². The fraction of sp³-hybridized carbons (Fsp3) is 0.742. The van der Waals surface area contributed by atoms with Gasteiger partial charge in [-0.15, -0.1) is 0 Å². The van der Waals surface area contributed by atoms with Crippen molar-refractivity contribution in [2.45, 2.75) is 135 Å². The van der Waals surface area contributed by atoms with Crippen molar-refractivity contribution in [3.8, 4) is 12.1 Å². The lowest BCUT2D eigenvalue weighted by molar-refractivity contribution is 0.300. The lowest BCUT2D eigenvalue weighted by Gasteiger charge is -2.31. The molecule has 0 atom stereocenters. The van der Waals surface area contributed by atoms with Crippen LogP contribution in [0.4, 0.5) is 0 Å². The van der Waals surface area contributed by atoms with Crippen molar-refractivity contribution in [2.75, 3.05) is 0 Å². The van der Waals surface area contributed by atoms with Crippen LogP contribution in [-0.4, -0.2) is 0 Å². The van der Waals surface area contributed by atoms with Crippen molar-refractivity contribution in [3.63, 3.8) is 0 Å². The minimum Gasteiger partial charge on any atom is -0.192 e. The lowest BCUT2D eigenvalue weighted by atomic mass is 9.72. The van der Waals surface area contributed by atoms with Crippen LogP contribution in [0.2, 0.25) is 0 Å². The summed E-state index contributed by atoms with van der Waals surface area (Å²) in [5, 5.41) is 20.1. The molecule has 0 aliphatic heterocycles. The molecular weight excluding hydrogens is 400 g/mol. The SMILES string of the molecule is CCCCCCC1CCC(c2ccc(C3CCC(CCCCC)CC3)c(C#N)c2C#N)CC1. The predicted molar refractivity (Wildman–Crippen MR) is 138 cm³/mol. The lowest BCUT2D eigenvalue weighted by Crippen LogP contribution is -2.17. The van der Waals surface area contributed by atoms with Gasteiger partial charge in [-0.05, 0) is 86.2 Å². The van der Waals surface area contributed by atoms with Crippen molar-refractivity contribution < 1.29 is 0 Å². The summed E-state index contributed by atoms with van der Waals surface area (Å²) in [6, 6.07) is 9.40. The average Bonchev–Trinajstić information content (AvgIpc) is 2.86. The Morgan fingerprint density at radius 1 is 0.606 bits per heavy atom. The molecule has 2 aliphatic rings. The summed E-state index contributed by atoms with van der Waals surface area (Å²) in [7, 11) is 0. The van der Waals surface area contributed by atoms with Crippen LogP contribution in [0.25, 0.3) is 0 Å². The Hall–Kier alpha value is -1.80. The zero-order valence-electron chi connectivity index (χ0n) is 21.4. The molecule has 33 heavy (non-hydrogen) atoms. The molecule has 2 heteroatoms. The van der Waals surface area contributed by atoms with Crippen LogP contribution in [-0.2, 0) is 0 Å². The van der Waals surface area contributed by atoms with E-state index >= 15 is 0 Å². The molecule has 0 bridgehead atoms. The summed E-state index contributed by atoms with van der Waals surface area (Å²) in [4.78, 5) is 0. The van der Waals surface area contributed by atoms with Gasteiger partial charge in [-0.3, -0.25) is 0 Å². The molecule has 180 valence electrons. The van der Waals surface area contributed by atoms with Gasteiger partial charge in [0.15, 0.2) is 0 Å². The van der Waals surface area contributed by atoms with Gasteiger partial charge in [0.1, 0.15) is 12.1 Å². The predicted octanol–water partition coefficient (Wildman–Crippen LogP) is 9.53. The van der Waals surface area contributed by atoms with Crippen molar-refractivity contribution in [1.29, 1.82) is 10.5 Å². The Kier molecular flexibility index (Phi) is 10.8. The summed E-state index contributed by atoms with van der Waals surface area (Å²) < 4.78 is 0. The molecule has 0 saturated heterocycles. The van der Waals surface area contributed by atoms with Crippen LogP contribution in [0.15, 0.2) is 12.1 Å². The van der Waals surface area contributed by atoms with E-state index in [4.69, 9.17) is 0 Å². The first-order valence-corrected chi connectivity index (χ1v) is 14.2. The van der Waals surface area contributed by atoms with Crippen LogP contribution in [0, 0.1) is 34.5 Å². The van der Waals surface area contributed by atoms with Gasteiger partial charge in [0.25, 0.3) is 0 Å². The van der Waals surface area contributed by atoms with Gasteiger partial charge >= 0.3 is 0 Å². The molecule has 0 heterocycles. The zero-order valence-corrected chi connectivity index (χ0v) is 21.4. The maximum atomic E-state index is 10.1. The van der Waals surface area contributed by atoms with Gasteiger partial charge in [-0.1, -0.05) is 83.8 Å². The second-order valence-electron chi connectivity index (χ2n) is 11.0. The van der Waals surface area contributed by atoms with Crippen molar-refractivity contribution >= 4 is 0 Å². The summed E-state index contributed by atoms with van der Waals surface area (Å²) in [6.45, 7) is 4.55. The maximum Gasteiger partial charge on any atom is 0.101 e. The van der Waals surface area contributed by atoms with E-state index in [1.54, 1.807) is 0 Å². The highest BCUT2D eigenvalue weighted by molar-refractivity contribution is 5.56. The monoisotopic (exact) mass is 446 g/mol. The Morgan fingerprint density at radius 3 is 1.39 bits per heavy atom. The molecule has 0 unspecified atom stereocenters. The van der Waals surface area contributed by atoms with Gasteiger partial charge in [-0.2, -0.15) is 10.5 Å². The third-order valence-electron chi connectivity index (χ3n) is 8.75. The van der Waals surface area contributed by atoms with Crippen LogP contribution in [0.3, 0.4) is 0 Å². The molecular formula is C31H46N2. The summed E-state index contributed by atoms with van der Waals surface area (Å²) in [5.41, 5.74) is 3.72. The third kappa shape index (κ3) is 7.09. The van der Waals surface area contributed by atoms with E-state index in [1.165, 1.54) is 109 Å². The first-order chi connectivity index (χ1) is 16.2. The van der Waals surface area contributed by atoms with E-state index in [0.29, 0.717) is 23.0 Å². The van der Waals surface area contributed by atoms with Gasteiger partial charge in [0.05, 0.1) is 11.1 Å². The highest BCUT2D eigenvalue weighted by Crippen LogP contribution is 2.43. The first-order valence-electron chi connectivity index (χ1n) is 14.2. The Labute approximate surface area is 203 Å². The largest absolute Gasteiger partial charge is 0.192 e. The summed E-state index contributed by atoms with van der Waals surface area (Å²) >= 11 is 0. The fourth-order valence-electron chi connectivity index (χ4n) is 6.62. The molecule has 0 amide bonds. The van der Waals surface area contributed by atoms with E-state index < -0.39 is 0 Å². The number of nitrogens with zero attached hydrogens (tertiary/aromatic N) is 2. The minimum atomic E-state index is 0.460. The highest BCUT2D eigenvalue weighted by Gasteiger charge is 2.29. The van der Waals surface area contributed by atoms with E-state index in [2.05, 4.69) is 38.1 Å². The van der Waals surface area contributed by atoms with Gasteiger partial charge in [-0.25, -0.2) is 0 Å². The molecule has 1 aromatic rings. The van der Waals surface area contributed by atoms with Crippen molar-refractivity contribution in [1.82, 2.24) is 0 Å². The molecule has 2 saturated carbocycles. The maximum absolute atomic E-state index is 10.1. The number of rotatable bonds is 11. The number of nitriles is 2.